The third kappa shape index (κ3) is 6.49. The highest BCUT2D eigenvalue weighted by Gasteiger charge is 2.58. The Bertz CT molecular complexity index is 1180. The summed E-state index contributed by atoms with van der Waals surface area (Å²) in [4.78, 5) is 30.5. The number of halogens is 4. The van der Waals surface area contributed by atoms with Crippen LogP contribution in [0.4, 0.5) is 33.9 Å². The van der Waals surface area contributed by atoms with Gasteiger partial charge in [-0.1, -0.05) is 12.8 Å². The molecular formula is C23H30F4N6O5. The number of anilines is 2. The van der Waals surface area contributed by atoms with Crippen molar-refractivity contribution in [1.82, 2.24) is 20.1 Å². The van der Waals surface area contributed by atoms with E-state index in [1.807, 2.05) is 0 Å². The number of aliphatic hydroxyl groups is 1. The zero-order valence-corrected chi connectivity index (χ0v) is 21.6. The summed E-state index contributed by atoms with van der Waals surface area (Å²) in [6.45, 7) is 4.77. The summed E-state index contributed by atoms with van der Waals surface area (Å²) >= 11 is 0. The number of likely N-dealkylation sites (N-methyl/N-ethyl adjacent to an activating group) is 1. The summed E-state index contributed by atoms with van der Waals surface area (Å²) in [5, 5.41) is 22.6. The molecule has 0 aromatic carbocycles. The van der Waals surface area contributed by atoms with Crippen molar-refractivity contribution in [2.24, 2.45) is 0 Å². The van der Waals surface area contributed by atoms with Gasteiger partial charge < -0.3 is 24.5 Å². The zero-order chi connectivity index (χ0) is 28.5. The van der Waals surface area contributed by atoms with Crippen molar-refractivity contribution in [3.8, 4) is 11.6 Å². The number of amides is 2. The molecule has 1 aliphatic rings. The summed E-state index contributed by atoms with van der Waals surface area (Å²) in [6, 6.07) is -0.135. The first-order valence-corrected chi connectivity index (χ1v) is 11.8. The van der Waals surface area contributed by atoms with E-state index in [9.17, 15) is 27.9 Å². The number of nitrogens with one attached hydrogen (secondary N) is 2. The number of ether oxygens (including phenoxy) is 1. The minimum Gasteiger partial charge on any atom is -0.444 e. The lowest BCUT2D eigenvalue weighted by Crippen LogP contribution is -2.42. The van der Waals surface area contributed by atoms with E-state index in [4.69, 9.17) is 9.15 Å². The molecule has 0 radical (unpaired) electrons. The van der Waals surface area contributed by atoms with Crippen LogP contribution in [0, 0.1) is 5.82 Å². The second-order valence-corrected chi connectivity index (χ2v) is 10.1. The van der Waals surface area contributed by atoms with Crippen LogP contribution in [-0.4, -0.2) is 69.1 Å². The highest BCUT2D eigenvalue weighted by molar-refractivity contribution is 5.90. The Morgan fingerprint density at radius 2 is 1.89 bits per heavy atom. The quantitative estimate of drug-likeness (QED) is 0.472. The summed E-state index contributed by atoms with van der Waals surface area (Å²) < 4.78 is 67.3. The minimum absolute atomic E-state index is 0.0834. The van der Waals surface area contributed by atoms with Crippen LogP contribution in [0.3, 0.4) is 0 Å². The van der Waals surface area contributed by atoms with E-state index in [2.05, 4.69) is 25.8 Å². The number of carbonyl (C=O) groups is 2. The molecule has 210 valence electrons. The predicted molar refractivity (Wildman–Crippen MR) is 126 cm³/mol. The normalized spacial score (nSPS) is 20.6. The number of carbonyl (C=O) groups excluding carboxylic acids is 2. The lowest BCUT2D eigenvalue weighted by molar-refractivity contribution is -0.277. The Kier molecular flexibility index (Phi) is 8.19. The number of hydrogen-bond donors (Lipinski definition) is 3. The van der Waals surface area contributed by atoms with E-state index in [1.54, 1.807) is 20.8 Å². The molecule has 3 heterocycles. The van der Waals surface area contributed by atoms with E-state index in [-0.39, 0.29) is 31.4 Å². The first-order chi connectivity index (χ1) is 17.5. The molecule has 2 atom stereocenters. The van der Waals surface area contributed by atoms with Crippen LogP contribution < -0.4 is 10.6 Å². The Labute approximate surface area is 215 Å². The largest absolute Gasteiger partial charge is 0.444 e. The van der Waals surface area contributed by atoms with Gasteiger partial charge in [0.25, 0.3) is 11.8 Å². The van der Waals surface area contributed by atoms with Crippen molar-refractivity contribution < 1.29 is 41.4 Å². The lowest BCUT2D eigenvalue weighted by atomic mass is 9.94. The molecule has 2 aromatic rings. The van der Waals surface area contributed by atoms with Crippen molar-refractivity contribution in [2.75, 3.05) is 24.7 Å². The topological polar surface area (TPSA) is 143 Å². The number of nitrogens with zero attached hydrogens (tertiary/aromatic N) is 4. The molecule has 0 saturated carbocycles. The maximum absolute atomic E-state index is 15.1. The number of hydrogen-bond acceptors (Lipinski definition) is 9. The number of fused-ring (bicyclic) bond motifs is 5. The number of alkyl halides is 3. The van der Waals surface area contributed by atoms with Crippen molar-refractivity contribution in [3.05, 3.63) is 17.8 Å². The van der Waals surface area contributed by atoms with Gasteiger partial charge in [-0.05, 0) is 40.0 Å². The lowest BCUT2D eigenvalue weighted by Gasteiger charge is -2.27. The number of rotatable bonds is 2. The van der Waals surface area contributed by atoms with Crippen LogP contribution in [0.15, 0.2) is 10.5 Å². The summed E-state index contributed by atoms with van der Waals surface area (Å²) in [5.74, 6) is -3.58. The van der Waals surface area contributed by atoms with E-state index in [0.717, 1.165) is 6.07 Å². The van der Waals surface area contributed by atoms with Crippen LogP contribution in [0.2, 0.25) is 0 Å². The van der Waals surface area contributed by atoms with Gasteiger partial charge >= 0.3 is 12.3 Å². The van der Waals surface area contributed by atoms with E-state index < -0.39 is 71.0 Å². The highest BCUT2D eigenvalue weighted by atomic mass is 19.4. The molecule has 15 heteroatoms. The van der Waals surface area contributed by atoms with Crippen molar-refractivity contribution in [2.45, 2.75) is 76.3 Å². The van der Waals surface area contributed by atoms with Gasteiger partial charge in [-0.25, -0.2) is 14.2 Å². The molecule has 1 aliphatic heterocycles. The summed E-state index contributed by atoms with van der Waals surface area (Å²) in [5.41, 5.74) is -5.14. The van der Waals surface area contributed by atoms with Gasteiger partial charge in [0.05, 0.1) is 5.69 Å². The maximum Gasteiger partial charge on any atom is 0.426 e. The third-order valence-electron chi connectivity index (χ3n) is 5.64. The highest BCUT2D eigenvalue weighted by Crippen LogP contribution is 2.43. The predicted octanol–water partition coefficient (Wildman–Crippen LogP) is 4.20. The molecule has 0 spiro atoms. The second-order valence-electron chi connectivity index (χ2n) is 10.1. The maximum atomic E-state index is 15.1. The van der Waals surface area contributed by atoms with Gasteiger partial charge in [0.1, 0.15) is 11.6 Å². The standard InChI is InChI=1S/C23H30F4N6O5/c1-21(2,3)38-20(35)29-14-11-12(24)16-28-13(18(34)33(4)5)9-7-6-8-10-22(36,23(25,26)27)19-32-31-17(37-19)15(14)30-16/h11,13,36H,6-10H2,1-5H3,(H,28,30)(H,29,35). The van der Waals surface area contributed by atoms with E-state index >= 15 is 4.39 Å². The molecule has 11 nitrogen and oxygen atoms in total. The van der Waals surface area contributed by atoms with Crippen LogP contribution in [-0.2, 0) is 15.1 Å². The van der Waals surface area contributed by atoms with Crippen molar-refractivity contribution in [1.29, 1.82) is 0 Å². The Morgan fingerprint density at radius 1 is 1.21 bits per heavy atom. The number of aromatic nitrogens is 3. The fourth-order valence-electron chi connectivity index (χ4n) is 3.76. The van der Waals surface area contributed by atoms with E-state index in [1.165, 1.54) is 19.0 Å². The van der Waals surface area contributed by atoms with Crippen molar-refractivity contribution >= 4 is 23.5 Å². The molecule has 38 heavy (non-hydrogen) atoms. The zero-order valence-electron chi connectivity index (χ0n) is 21.6. The third-order valence-corrected chi connectivity index (χ3v) is 5.64. The minimum atomic E-state index is -5.15. The first kappa shape index (κ1) is 29.1. The smallest absolute Gasteiger partial charge is 0.426 e. The van der Waals surface area contributed by atoms with E-state index in [0.29, 0.717) is 0 Å². The fraction of sp³-hybridized carbons (Fsp3) is 0.609. The molecule has 2 aromatic heterocycles. The molecule has 4 bridgehead atoms. The molecule has 2 amide bonds. The monoisotopic (exact) mass is 546 g/mol. The van der Waals surface area contributed by atoms with Gasteiger partial charge in [-0.2, -0.15) is 13.2 Å². The second kappa shape index (κ2) is 10.7. The molecule has 0 saturated heterocycles. The molecular weight excluding hydrogens is 516 g/mol. The molecule has 3 rings (SSSR count). The van der Waals surface area contributed by atoms with Crippen LogP contribution in [0.25, 0.3) is 11.6 Å². The van der Waals surface area contributed by atoms with Gasteiger partial charge in [-0.3, -0.25) is 10.1 Å². The molecule has 2 unspecified atom stereocenters. The SMILES string of the molecule is CN(C)C(=O)C1CCCCCC(O)(C(F)(F)F)c2nnc(o2)-c2nc(c(F)cc2NC(=O)OC(C)(C)C)N1. The van der Waals surface area contributed by atoms with Gasteiger partial charge in [0.2, 0.25) is 11.5 Å². The average molecular weight is 547 g/mol. The summed E-state index contributed by atoms with van der Waals surface area (Å²) in [6.07, 6.45) is -6.37. The fourth-order valence-corrected chi connectivity index (χ4v) is 3.76. The Hall–Kier alpha value is -3.49. The van der Waals surface area contributed by atoms with Crippen LogP contribution >= 0.6 is 0 Å². The van der Waals surface area contributed by atoms with Gasteiger partial charge in [0, 0.05) is 20.2 Å². The van der Waals surface area contributed by atoms with Crippen LogP contribution in [0.5, 0.6) is 0 Å². The molecule has 3 N–H and O–H groups in total. The van der Waals surface area contributed by atoms with Crippen molar-refractivity contribution in [3.63, 3.8) is 0 Å². The number of pyridine rings is 1. The Morgan fingerprint density at radius 3 is 2.50 bits per heavy atom. The average Bonchev–Trinajstić information content (AvgIpc) is 3.26. The van der Waals surface area contributed by atoms with Gasteiger partial charge in [0.15, 0.2) is 17.3 Å². The van der Waals surface area contributed by atoms with Gasteiger partial charge in [-0.15, -0.1) is 10.2 Å². The molecule has 0 fully saturated rings. The summed E-state index contributed by atoms with van der Waals surface area (Å²) in [7, 11) is 3.00. The Balaban J connectivity index is 2.16. The molecule has 0 aliphatic carbocycles. The van der Waals surface area contributed by atoms with Crippen LogP contribution in [0.1, 0.15) is 58.8 Å². The first-order valence-electron chi connectivity index (χ1n) is 11.8.